The van der Waals surface area contributed by atoms with E-state index < -0.39 is 23.7 Å². The topological polar surface area (TPSA) is 64.6 Å². The molecular formula is C25H29NO4. The number of amides is 1. The van der Waals surface area contributed by atoms with Crippen LogP contribution in [-0.4, -0.2) is 30.3 Å². The molecule has 0 spiro atoms. The number of esters is 1. The second kappa shape index (κ2) is 8.74. The summed E-state index contributed by atoms with van der Waals surface area (Å²) in [6, 6.07) is 15.5. The summed E-state index contributed by atoms with van der Waals surface area (Å²) in [6.07, 6.45) is 0.916. The molecule has 0 aromatic heterocycles. The van der Waals surface area contributed by atoms with E-state index in [1.54, 1.807) is 19.9 Å². The summed E-state index contributed by atoms with van der Waals surface area (Å²) in [5.41, 5.74) is 3.79. The Morgan fingerprint density at radius 1 is 1.07 bits per heavy atom. The van der Waals surface area contributed by atoms with Gasteiger partial charge in [0.15, 0.2) is 0 Å². The van der Waals surface area contributed by atoms with Crippen LogP contribution < -0.4 is 5.32 Å². The molecule has 1 N–H and O–H groups in total. The van der Waals surface area contributed by atoms with E-state index in [2.05, 4.69) is 36.2 Å². The molecule has 1 aliphatic rings. The Kier molecular flexibility index (Phi) is 6.30. The first-order valence-electron chi connectivity index (χ1n) is 10.2. The summed E-state index contributed by atoms with van der Waals surface area (Å²) in [4.78, 5) is 25.1. The highest BCUT2D eigenvalue weighted by atomic mass is 16.6. The number of rotatable bonds is 7. The van der Waals surface area contributed by atoms with Crippen molar-refractivity contribution in [3.63, 3.8) is 0 Å². The van der Waals surface area contributed by atoms with Crippen molar-refractivity contribution in [1.29, 1.82) is 0 Å². The zero-order chi connectivity index (χ0) is 21.9. The Hall–Kier alpha value is -3.08. The molecule has 3 rings (SSSR count). The summed E-state index contributed by atoms with van der Waals surface area (Å²) < 4.78 is 11.0. The van der Waals surface area contributed by atoms with Gasteiger partial charge in [-0.15, -0.1) is 0 Å². The number of benzene rings is 2. The van der Waals surface area contributed by atoms with Crippen molar-refractivity contribution in [3.8, 4) is 11.1 Å². The Balaban J connectivity index is 1.68. The quantitative estimate of drug-likeness (QED) is 0.515. The molecule has 0 bridgehead atoms. The highest BCUT2D eigenvalue weighted by molar-refractivity contribution is 5.82. The number of hydrogen-bond acceptors (Lipinski definition) is 4. The van der Waals surface area contributed by atoms with Gasteiger partial charge in [-0.1, -0.05) is 69.0 Å². The van der Waals surface area contributed by atoms with Gasteiger partial charge in [0.1, 0.15) is 18.2 Å². The molecule has 0 fully saturated rings. The maximum Gasteiger partial charge on any atom is 0.407 e. The van der Waals surface area contributed by atoms with Crippen LogP contribution >= 0.6 is 0 Å². The SMILES string of the molecule is C=CC(C)(C)OC(=O)[C@@H](NC(=O)OCC1c2ccccc2-c2ccccc21)C(C)C. The fraction of sp³-hybridized carbons (Fsp3) is 0.360. The minimum absolute atomic E-state index is 0.0349. The van der Waals surface area contributed by atoms with Crippen LogP contribution in [0.2, 0.25) is 0 Å². The average molecular weight is 408 g/mol. The molecule has 30 heavy (non-hydrogen) atoms. The van der Waals surface area contributed by atoms with E-state index in [9.17, 15) is 9.59 Å². The largest absolute Gasteiger partial charge is 0.454 e. The van der Waals surface area contributed by atoms with Crippen LogP contribution in [0.3, 0.4) is 0 Å². The van der Waals surface area contributed by atoms with Crippen LogP contribution in [0.25, 0.3) is 11.1 Å². The van der Waals surface area contributed by atoms with Gasteiger partial charge in [-0.05, 0) is 48.1 Å². The molecule has 1 amide bonds. The molecule has 2 aromatic rings. The molecule has 2 aromatic carbocycles. The molecule has 5 nitrogen and oxygen atoms in total. The third-order valence-corrected chi connectivity index (χ3v) is 5.39. The number of fused-ring (bicyclic) bond motifs is 3. The zero-order valence-electron chi connectivity index (χ0n) is 18.0. The zero-order valence-corrected chi connectivity index (χ0v) is 18.0. The van der Waals surface area contributed by atoms with Crippen LogP contribution in [0.5, 0.6) is 0 Å². The van der Waals surface area contributed by atoms with Crippen molar-refractivity contribution < 1.29 is 19.1 Å². The first-order chi connectivity index (χ1) is 14.2. The maximum absolute atomic E-state index is 12.5. The van der Waals surface area contributed by atoms with Gasteiger partial charge in [-0.3, -0.25) is 0 Å². The van der Waals surface area contributed by atoms with Crippen molar-refractivity contribution in [3.05, 3.63) is 72.3 Å². The molecule has 0 heterocycles. The van der Waals surface area contributed by atoms with Crippen LogP contribution in [0.15, 0.2) is 61.2 Å². The number of nitrogens with one attached hydrogen (secondary N) is 1. The second-order valence-corrected chi connectivity index (χ2v) is 8.42. The van der Waals surface area contributed by atoms with Crippen LogP contribution in [0.4, 0.5) is 4.79 Å². The van der Waals surface area contributed by atoms with E-state index in [1.807, 2.05) is 38.1 Å². The number of ether oxygens (including phenoxy) is 2. The van der Waals surface area contributed by atoms with Gasteiger partial charge >= 0.3 is 12.1 Å². The molecule has 158 valence electrons. The van der Waals surface area contributed by atoms with Crippen molar-refractivity contribution >= 4 is 12.1 Å². The van der Waals surface area contributed by atoms with Gasteiger partial charge in [0.2, 0.25) is 0 Å². The maximum atomic E-state index is 12.5. The Bertz CT molecular complexity index is 902. The molecule has 0 saturated carbocycles. The lowest BCUT2D eigenvalue weighted by Gasteiger charge is -2.27. The van der Waals surface area contributed by atoms with Gasteiger partial charge in [0, 0.05) is 5.92 Å². The Morgan fingerprint density at radius 2 is 1.60 bits per heavy atom. The molecule has 0 unspecified atom stereocenters. The van der Waals surface area contributed by atoms with Crippen molar-refractivity contribution in [2.45, 2.75) is 45.3 Å². The first-order valence-corrected chi connectivity index (χ1v) is 10.2. The molecule has 0 radical (unpaired) electrons. The highest BCUT2D eigenvalue weighted by Crippen LogP contribution is 2.44. The third kappa shape index (κ3) is 4.56. The predicted octanol–water partition coefficient (Wildman–Crippen LogP) is 5.06. The van der Waals surface area contributed by atoms with Gasteiger partial charge < -0.3 is 14.8 Å². The lowest BCUT2D eigenvalue weighted by atomic mass is 9.98. The van der Waals surface area contributed by atoms with Crippen molar-refractivity contribution in [2.75, 3.05) is 6.61 Å². The minimum atomic E-state index is -0.812. The number of carbonyl (C=O) groups is 2. The third-order valence-electron chi connectivity index (χ3n) is 5.39. The second-order valence-electron chi connectivity index (χ2n) is 8.42. The fourth-order valence-corrected chi connectivity index (χ4v) is 3.63. The summed E-state index contributed by atoms with van der Waals surface area (Å²) in [5.74, 6) is -0.700. The summed E-state index contributed by atoms with van der Waals surface area (Å²) in [7, 11) is 0. The fourth-order valence-electron chi connectivity index (χ4n) is 3.63. The highest BCUT2D eigenvalue weighted by Gasteiger charge is 2.32. The average Bonchev–Trinajstić information content (AvgIpc) is 3.03. The lowest BCUT2D eigenvalue weighted by Crippen LogP contribution is -2.47. The van der Waals surface area contributed by atoms with Gasteiger partial charge in [-0.2, -0.15) is 0 Å². The van der Waals surface area contributed by atoms with E-state index in [4.69, 9.17) is 9.47 Å². The monoisotopic (exact) mass is 407 g/mol. The van der Waals surface area contributed by atoms with E-state index >= 15 is 0 Å². The van der Waals surface area contributed by atoms with E-state index in [0.29, 0.717) is 0 Å². The van der Waals surface area contributed by atoms with Crippen molar-refractivity contribution in [1.82, 2.24) is 5.32 Å². The Morgan fingerprint density at radius 3 is 2.10 bits per heavy atom. The van der Waals surface area contributed by atoms with Crippen molar-refractivity contribution in [2.24, 2.45) is 5.92 Å². The summed E-state index contributed by atoms with van der Waals surface area (Å²) in [6.45, 7) is 11.0. The minimum Gasteiger partial charge on any atom is -0.454 e. The van der Waals surface area contributed by atoms with Gasteiger partial charge in [0.25, 0.3) is 0 Å². The molecular weight excluding hydrogens is 378 g/mol. The first kappa shape index (κ1) is 21.6. The normalized spacial score (nSPS) is 13.9. The van der Waals surface area contributed by atoms with Gasteiger partial charge in [-0.25, -0.2) is 9.59 Å². The van der Waals surface area contributed by atoms with Gasteiger partial charge in [0.05, 0.1) is 0 Å². The lowest BCUT2D eigenvalue weighted by molar-refractivity contribution is -0.156. The van der Waals surface area contributed by atoms with E-state index in [1.165, 1.54) is 0 Å². The smallest absolute Gasteiger partial charge is 0.407 e. The number of alkyl carbamates (subject to hydrolysis) is 1. The Labute approximate surface area is 178 Å². The van der Waals surface area contributed by atoms with Crippen LogP contribution in [-0.2, 0) is 14.3 Å². The molecule has 0 aliphatic heterocycles. The van der Waals surface area contributed by atoms with Crippen LogP contribution in [0, 0.1) is 5.92 Å². The molecule has 5 heteroatoms. The number of carbonyl (C=O) groups excluding carboxylic acids is 2. The summed E-state index contributed by atoms with van der Waals surface area (Å²) >= 11 is 0. The van der Waals surface area contributed by atoms with E-state index in [-0.39, 0.29) is 18.4 Å². The molecule has 1 atom stereocenters. The standard InChI is InChI=1S/C25H29NO4/c1-6-25(4,5)30-23(27)22(16(2)3)26-24(28)29-15-21-19-13-9-7-11-17(19)18-12-8-10-14-20(18)21/h6-14,16,21-22H,1,15H2,2-5H3,(H,26,28)/t22-/m0/s1. The molecule has 1 aliphatic carbocycles. The summed E-state index contributed by atoms with van der Waals surface area (Å²) in [5, 5.41) is 2.66. The number of hydrogen-bond donors (Lipinski definition) is 1. The predicted molar refractivity (Wildman–Crippen MR) is 117 cm³/mol. The molecule has 0 saturated heterocycles. The van der Waals surface area contributed by atoms with Crippen LogP contribution in [0.1, 0.15) is 44.7 Å². The van der Waals surface area contributed by atoms with E-state index in [0.717, 1.165) is 22.3 Å².